The molecule has 3 heterocycles. The molecule has 0 saturated carbocycles. The lowest BCUT2D eigenvalue weighted by molar-refractivity contribution is -0.144. The summed E-state index contributed by atoms with van der Waals surface area (Å²) in [5, 5.41) is 1.10. The fraction of sp³-hybridized carbons (Fsp3) is 0.444. The van der Waals surface area contributed by atoms with Crippen LogP contribution < -0.4 is 0 Å². The number of likely N-dealkylation sites (N-methyl/N-ethyl adjacent to an activating group) is 1. The van der Waals surface area contributed by atoms with Gasteiger partial charge in [0.1, 0.15) is 0 Å². The summed E-state index contributed by atoms with van der Waals surface area (Å²) in [5.41, 5.74) is 1.01. The van der Waals surface area contributed by atoms with Gasteiger partial charge in [-0.2, -0.15) is 0 Å². The number of para-hydroxylation sites is 1. The Balaban J connectivity index is 1.48. The van der Waals surface area contributed by atoms with Crippen LogP contribution in [0.5, 0.6) is 0 Å². The minimum atomic E-state index is -0.725. The number of piperidine rings is 1. The fourth-order valence-electron chi connectivity index (χ4n) is 3.60. The molecule has 4 amide bonds. The Morgan fingerprint density at radius 3 is 2.65 bits per heavy atom. The molecule has 26 heavy (non-hydrogen) atoms. The van der Waals surface area contributed by atoms with Gasteiger partial charge in [-0.05, 0) is 38.4 Å². The van der Waals surface area contributed by atoms with Crippen molar-refractivity contribution in [2.45, 2.75) is 25.7 Å². The van der Waals surface area contributed by atoms with E-state index in [4.69, 9.17) is 4.98 Å². The van der Waals surface area contributed by atoms with E-state index in [-0.39, 0.29) is 19.1 Å². The number of benzene rings is 1. The van der Waals surface area contributed by atoms with Crippen LogP contribution in [-0.2, 0) is 9.59 Å². The van der Waals surface area contributed by atoms with Gasteiger partial charge < -0.3 is 0 Å². The Morgan fingerprint density at radius 1 is 1.15 bits per heavy atom. The highest BCUT2D eigenvalue weighted by Crippen LogP contribution is 2.33. The number of nitrogens with zero attached hydrogens (tertiary/aromatic N) is 4. The van der Waals surface area contributed by atoms with E-state index < -0.39 is 17.8 Å². The molecule has 0 bridgehead atoms. The molecule has 1 aromatic carbocycles. The van der Waals surface area contributed by atoms with Crippen LogP contribution in [0.25, 0.3) is 10.2 Å². The molecule has 2 aromatic rings. The second-order valence-corrected chi connectivity index (χ2v) is 7.70. The molecule has 2 aliphatic heterocycles. The third kappa shape index (κ3) is 2.89. The highest BCUT2D eigenvalue weighted by molar-refractivity contribution is 7.18. The van der Waals surface area contributed by atoms with Gasteiger partial charge in [-0.25, -0.2) is 14.7 Å². The fourth-order valence-corrected chi connectivity index (χ4v) is 4.70. The minimum absolute atomic E-state index is 0.168. The molecule has 136 valence electrons. The SMILES string of the molecule is CCN1C(=O)C(=O)N(CN2CCC[C@H](c3nc4ccccc4s3)C2)C1=O. The first-order valence-corrected chi connectivity index (χ1v) is 9.65. The first-order valence-electron chi connectivity index (χ1n) is 8.83. The van der Waals surface area contributed by atoms with Crippen LogP contribution in [0, 0.1) is 0 Å². The summed E-state index contributed by atoms with van der Waals surface area (Å²) in [6, 6.07) is 7.58. The maximum absolute atomic E-state index is 12.3. The lowest BCUT2D eigenvalue weighted by Gasteiger charge is -2.33. The number of rotatable bonds is 4. The topological polar surface area (TPSA) is 73.8 Å². The zero-order valence-corrected chi connectivity index (χ0v) is 15.4. The molecule has 1 aromatic heterocycles. The summed E-state index contributed by atoms with van der Waals surface area (Å²) >= 11 is 1.71. The Kier molecular flexibility index (Phi) is 4.46. The largest absolute Gasteiger partial charge is 0.335 e. The summed E-state index contributed by atoms with van der Waals surface area (Å²) in [5.74, 6) is -1.16. The summed E-state index contributed by atoms with van der Waals surface area (Å²) in [7, 11) is 0. The molecular formula is C18H20N4O3S. The molecule has 8 heteroatoms. The Bertz CT molecular complexity index is 847. The highest BCUT2D eigenvalue weighted by atomic mass is 32.1. The predicted molar refractivity (Wildman–Crippen MR) is 97.7 cm³/mol. The van der Waals surface area contributed by atoms with Crippen LogP contribution >= 0.6 is 11.3 Å². The number of aromatic nitrogens is 1. The van der Waals surface area contributed by atoms with Gasteiger partial charge in [0, 0.05) is 19.0 Å². The van der Waals surface area contributed by atoms with E-state index in [1.54, 1.807) is 18.3 Å². The number of urea groups is 1. The van der Waals surface area contributed by atoms with Crippen molar-refractivity contribution in [1.82, 2.24) is 19.7 Å². The van der Waals surface area contributed by atoms with Gasteiger partial charge in [-0.15, -0.1) is 11.3 Å². The second kappa shape index (κ2) is 6.77. The lowest BCUT2D eigenvalue weighted by Crippen LogP contribution is -2.45. The first-order chi connectivity index (χ1) is 12.6. The van der Waals surface area contributed by atoms with Gasteiger partial charge in [0.15, 0.2) is 0 Å². The smallest absolute Gasteiger partial charge is 0.285 e. The Hall–Kier alpha value is -2.32. The molecule has 0 N–H and O–H groups in total. The van der Waals surface area contributed by atoms with Crippen LogP contribution in [0.1, 0.15) is 30.7 Å². The van der Waals surface area contributed by atoms with Gasteiger partial charge >= 0.3 is 17.8 Å². The van der Waals surface area contributed by atoms with Crippen molar-refractivity contribution in [3.05, 3.63) is 29.3 Å². The zero-order chi connectivity index (χ0) is 18.3. The molecular weight excluding hydrogens is 352 g/mol. The quantitative estimate of drug-likeness (QED) is 0.608. The summed E-state index contributed by atoms with van der Waals surface area (Å²) in [6.45, 7) is 3.61. The van der Waals surface area contributed by atoms with E-state index in [2.05, 4.69) is 11.0 Å². The maximum atomic E-state index is 12.3. The van der Waals surface area contributed by atoms with Crippen LogP contribution in [0.15, 0.2) is 24.3 Å². The third-order valence-corrected chi connectivity index (χ3v) is 6.16. The summed E-state index contributed by atoms with van der Waals surface area (Å²) in [4.78, 5) is 45.1. The predicted octanol–water partition coefficient (Wildman–Crippen LogP) is 2.24. The molecule has 4 rings (SSSR count). The van der Waals surface area contributed by atoms with Crippen LogP contribution in [0.4, 0.5) is 4.79 Å². The monoisotopic (exact) mass is 372 g/mol. The molecule has 0 radical (unpaired) electrons. The average molecular weight is 372 g/mol. The summed E-state index contributed by atoms with van der Waals surface area (Å²) < 4.78 is 1.17. The molecule has 0 spiro atoms. The number of hydrogen-bond donors (Lipinski definition) is 0. The molecule has 2 aliphatic rings. The van der Waals surface area contributed by atoms with Crippen molar-refractivity contribution >= 4 is 39.4 Å². The van der Waals surface area contributed by atoms with Crippen LogP contribution in [-0.4, -0.2) is 63.8 Å². The number of likely N-dealkylation sites (tertiary alicyclic amines) is 1. The van der Waals surface area contributed by atoms with Gasteiger partial charge in [-0.1, -0.05) is 12.1 Å². The minimum Gasteiger partial charge on any atom is -0.285 e. The molecule has 2 fully saturated rings. The molecule has 0 unspecified atom stereocenters. The molecule has 7 nitrogen and oxygen atoms in total. The number of thiazole rings is 1. The van der Waals surface area contributed by atoms with E-state index in [0.717, 1.165) is 46.3 Å². The van der Waals surface area contributed by atoms with Crippen molar-refractivity contribution in [2.75, 3.05) is 26.3 Å². The Morgan fingerprint density at radius 2 is 1.92 bits per heavy atom. The number of carbonyl (C=O) groups excluding carboxylic acids is 3. The Labute approximate surface area is 155 Å². The normalized spacial score (nSPS) is 22.0. The van der Waals surface area contributed by atoms with Gasteiger partial charge in [-0.3, -0.25) is 19.4 Å². The van der Waals surface area contributed by atoms with Crippen molar-refractivity contribution in [2.24, 2.45) is 0 Å². The number of fused-ring (bicyclic) bond motifs is 1. The number of hydrogen-bond acceptors (Lipinski definition) is 6. The van der Waals surface area contributed by atoms with Gasteiger partial charge in [0.2, 0.25) is 0 Å². The first kappa shape index (κ1) is 17.1. The van der Waals surface area contributed by atoms with E-state index in [1.807, 2.05) is 18.2 Å². The molecule has 1 atom stereocenters. The van der Waals surface area contributed by atoms with Gasteiger partial charge in [0.25, 0.3) is 0 Å². The number of imide groups is 2. The third-order valence-electron chi connectivity index (χ3n) is 4.96. The lowest BCUT2D eigenvalue weighted by atomic mass is 9.99. The highest BCUT2D eigenvalue weighted by Gasteiger charge is 2.44. The van der Waals surface area contributed by atoms with E-state index in [1.165, 1.54) is 4.70 Å². The summed E-state index contributed by atoms with van der Waals surface area (Å²) in [6.07, 6.45) is 2.01. The number of amides is 4. The van der Waals surface area contributed by atoms with Crippen LogP contribution in [0.3, 0.4) is 0 Å². The van der Waals surface area contributed by atoms with E-state index in [9.17, 15) is 14.4 Å². The van der Waals surface area contributed by atoms with Crippen molar-refractivity contribution in [1.29, 1.82) is 0 Å². The van der Waals surface area contributed by atoms with Crippen LogP contribution in [0.2, 0.25) is 0 Å². The second-order valence-electron chi connectivity index (χ2n) is 6.64. The zero-order valence-electron chi connectivity index (χ0n) is 14.6. The van der Waals surface area contributed by atoms with Gasteiger partial charge in [0.05, 0.1) is 21.9 Å². The van der Waals surface area contributed by atoms with Crippen molar-refractivity contribution in [3.63, 3.8) is 0 Å². The molecule has 0 aliphatic carbocycles. The van der Waals surface area contributed by atoms with E-state index in [0.29, 0.717) is 0 Å². The van der Waals surface area contributed by atoms with Crippen molar-refractivity contribution in [3.8, 4) is 0 Å². The molecule has 2 saturated heterocycles. The van der Waals surface area contributed by atoms with E-state index >= 15 is 0 Å². The average Bonchev–Trinajstić information content (AvgIpc) is 3.17. The standard InChI is InChI=1S/C18H20N4O3S/c1-2-21-16(23)17(24)22(18(21)25)11-20-9-5-6-12(10-20)15-19-13-7-3-4-8-14(13)26-15/h3-4,7-8,12H,2,5-6,9-11H2,1H3/t12-/m0/s1. The van der Waals surface area contributed by atoms with Crippen molar-refractivity contribution < 1.29 is 14.4 Å². The number of carbonyl (C=O) groups is 3. The maximum Gasteiger partial charge on any atom is 0.335 e.